The number of pyridine rings is 1. The van der Waals surface area contributed by atoms with Crippen LogP contribution in [0, 0.1) is 6.92 Å². The Balaban J connectivity index is 1.97. The number of fused-ring (bicyclic) bond motifs is 1. The van der Waals surface area contributed by atoms with Crippen molar-refractivity contribution in [2.45, 2.75) is 25.0 Å². The molecule has 0 bridgehead atoms. The predicted molar refractivity (Wildman–Crippen MR) is 110 cm³/mol. The molecule has 0 aliphatic heterocycles. The van der Waals surface area contributed by atoms with Crippen molar-refractivity contribution in [1.29, 1.82) is 0 Å². The predicted octanol–water partition coefficient (Wildman–Crippen LogP) is 2.33. The molecule has 0 aliphatic carbocycles. The summed E-state index contributed by atoms with van der Waals surface area (Å²) in [6.07, 6.45) is 1.65. The minimum Gasteiger partial charge on any atom is -0.383 e. The molecule has 3 rings (SSSR count). The van der Waals surface area contributed by atoms with E-state index in [1.54, 1.807) is 31.5 Å². The van der Waals surface area contributed by atoms with Crippen molar-refractivity contribution in [3.05, 3.63) is 58.5 Å². The first-order valence-electron chi connectivity index (χ1n) is 8.85. The summed E-state index contributed by atoms with van der Waals surface area (Å²) in [6.45, 7) is 4.23. The van der Waals surface area contributed by atoms with E-state index in [1.165, 1.54) is 16.3 Å². The third-order valence-electron chi connectivity index (χ3n) is 4.03. The smallest absolute Gasteiger partial charge is 0.267 e. The second-order valence-corrected chi connectivity index (χ2v) is 7.40. The van der Waals surface area contributed by atoms with Crippen LogP contribution in [0.1, 0.15) is 12.5 Å². The first-order valence-corrected chi connectivity index (χ1v) is 9.84. The van der Waals surface area contributed by atoms with Crippen LogP contribution < -0.4 is 10.9 Å². The Labute approximate surface area is 167 Å². The normalized spacial score (nSPS) is 12.1. The number of nitrogens with one attached hydrogen (secondary N) is 1. The number of nitrogens with zero attached hydrogens (tertiary/aromatic N) is 3. The quantitative estimate of drug-likeness (QED) is 0.486. The number of ether oxygens (including phenoxy) is 1. The Morgan fingerprint density at radius 2 is 2.11 bits per heavy atom. The number of hydrogen-bond acceptors (Lipinski definition) is 6. The number of carbonyl (C=O) groups excluding carboxylic acids is 1. The molecule has 0 spiro atoms. The van der Waals surface area contributed by atoms with Gasteiger partial charge in [0.15, 0.2) is 5.16 Å². The first kappa shape index (κ1) is 20.0. The van der Waals surface area contributed by atoms with Gasteiger partial charge in [0.1, 0.15) is 5.82 Å². The summed E-state index contributed by atoms with van der Waals surface area (Å²) in [7, 11) is 1.59. The average molecular weight is 398 g/mol. The minimum absolute atomic E-state index is 0.0942. The molecular weight excluding hydrogens is 376 g/mol. The molecule has 0 radical (unpaired) electrons. The topological polar surface area (TPSA) is 86.1 Å². The Bertz CT molecular complexity index is 1050. The van der Waals surface area contributed by atoms with Crippen LogP contribution in [0.4, 0.5) is 0 Å². The number of carbonyl (C=O) groups is 1. The maximum atomic E-state index is 13.1. The number of amides is 1. The van der Waals surface area contributed by atoms with Crippen molar-refractivity contribution < 1.29 is 9.53 Å². The van der Waals surface area contributed by atoms with Crippen LogP contribution >= 0.6 is 11.8 Å². The number of hydrogen-bond donors (Lipinski definition) is 1. The number of aryl methyl sites for hydroxylation is 1. The van der Waals surface area contributed by atoms with Crippen LogP contribution in [0.25, 0.3) is 16.7 Å². The van der Waals surface area contributed by atoms with E-state index in [2.05, 4.69) is 15.3 Å². The van der Waals surface area contributed by atoms with Crippen molar-refractivity contribution in [3.8, 4) is 5.82 Å². The Kier molecular flexibility index (Phi) is 6.43. The SMILES string of the molecule is COC[C@H](C)NC(=O)CSc1nc2ccccc2c(=O)n1-c1cc(C)ccn1. The highest BCUT2D eigenvalue weighted by molar-refractivity contribution is 7.99. The molecule has 0 saturated heterocycles. The second-order valence-electron chi connectivity index (χ2n) is 6.46. The molecule has 0 saturated carbocycles. The van der Waals surface area contributed by atoms with Crippen molar-refractivity contribution in [3.63, 3.8) is 0 Å². The molecule has 3 aromatic rings. The Hall–Kier alpha value is -2.71. The minimum atomic E-state index is -0.209. The van der Waals surface area contributed by atoms with Gasteiger partial charge >= 0.3 is 0 Å². The molecular formula is C20H22N4O3S. The van der Waals surface area contributed by atoms with Gasteiger partial charge in [-0.1, -0.05) is 23.9 Å². The van der Waals surface area contributed by atoms with Gasteiger partial charge in [-0.05, 0) is 43.7 Å². The van der Waals surface area contributed by atoms with Crippen LogP contribution in [0.2, 0.25) is 0 Å². The van der Waals surface area contributed by atoms with E-state index >= 15 is 0 Å². The summed E-state index contributed by atoms with van der Waals surface area (Å²) in [5, 5.41) is 3.79. The van der Waals surface area contributed by atoms with E-state index in [9.17, 15) is 9.59 Å². The van der Waals surface area contributed by atoms with E-state index < -0.39 is 0 Å². The monoisotopic (exact) mass is 398 g/mol. The van der Waals surface area contributed by atoms with Gasteiger partial charge in [0, 0.05) is 19.3 Å². The maximum Gasteiger partial charge on any atom is 0.267 e. The standard InChI is InChI=1S/C20H22N4O3S/c1-13-8-9-21-17(10-13)24-19(26)15-6-4-5-7-16(15)23-20(24)28-12-18(25)22-14(2)11-27-3/h4-10,14H,11-12H2,1-3H3,(H,22,25)/t14-/m0/s1. The first-order chi connectivity index (χ1) is 13.5. The maximum absolute atomic E-state index is 13.1. The lowest BCUT2D eigenvalue weighted by atomic mass is 10.2. The zero-order valence-electron chi connectivity index (χ0n) is 16.0. The molecule has 146 valence electrons. The van der Waals surface area contributed by atoms with Gasteiger partial charge in [-0.15, -0.1) is 0 Å². The average Bonchev–Trinajstić information content (AvgIpc) is 2.66. The number of methoxy groups -OCH3 is 1. The number of benzene rings is 1. The zero-order chi connectivity index (χ0) is 20.1. The summed E-state index contributed by atoms with van der Waals surface area (Å²) in [5.74, 6) is 0.463. The summed E-state index contributed by atoms with van der Waals surface area (Å²) in [4.78, 5) is 34.3. The van der Waals surface area contributed by atoms with E-state index in [0.717, 1.165) is 5.56 Å². The molecule has 1 amide bonds. The lowest BCUT2D eigenvalue weighted by Gasteiger charge is -2.14. The fourth-order valence-electron chi connectivity index (χ4n) is 2.79. The van der Waals surface area contributed by atoms with E-state index in [0.29, 0.717) is 28.5 Å². The van der Waals surface area contributed by atoms with Gasteiger partial charge in [-0.3, -0.25) is 9.59 Å². The van der Waals surface area contributed by atoms with Gasteiger partial charge in [0.25, 0.3) is 5.56 Å². The van der Waals surface area contributed by atoms with Gasteiger partial charge in [0.05, 0.1) is 23.3 Å². The van der Waals surface area contributed by atoms with Crippen LogP contribution in [-0.2, 0) is 9.53 Å². The third kappa shape index (κ3) is 4.58. The molecule has 1 N–H and O–H groups in total. The van der Waals surface area contributed by atoms with Crippen LogP contribution in [0.3, 0.4) is 0 Å². The van der Waals surface area contributed by atoms with Crippen LogP contribution in [0.15, 0.2) is 52.5 Å². The van der Waals surface area contributed by atoms with Crippen molar-refractivity contribution in [2.24, 2.45) is 0 Å². The number of thioether (sulfide) groups is 1. The van der Waals surface area contributed by atoms with Gasteiger partial charge in [0.2, 0.25) is 5.91 Å². The lowest BCUT2D eigenvalue weighted by Crippen LogP contribution is -2.36. The van der Waals surface area contributed by atoms with Gasteiger partial charge in [-0.2, -0.15) is 0 Å². The molecule has 0 unspecified atom stereocenters. The zero-order valence-corrected chi connectivity index (χ0v) is 16.8. The molecule has 0 aliphatic rings. The van der Waals surface area contributed by atoms with Crippen LogP contribution in [-0.4, -0.2) is 46.0 Å². The summed E-state index contributed by atoms with van der Waals surface area (Å²) in [6, 6.07) is 10.8. The Morgan fingerprint density at radius 1 is 1.32 bits per heavy atom. The van der Waals surface area contributed by atoms with Crippen molar-refractivity contribution in [2.75, 3.05) is 19.5 Å². The molecule has 28 heavy (non-hydrogen) atoms. The molecule has 2 heterocycles. The molecule has 7 nitrogen and oxygen atoms in total. The Morgan fingerprint density at radius 3 is 2.86 bits per heavy atom. The lowest BCUT2D eigenvalue weighted by molar-refractivity contribution is -0.119. The largest absolute Gasteiger partial charge is 0.383 e. The number of rotatable bonds is 7. The summed E-state index contributed by atoms with van der Waals surface area (Å²) in [5.41, 5.74) is 1.36. The molecule has 1 aromatic carbocycles. The molecule has 1 atom stereocenters. The van der Waals surface area contributed by atoms with E-state index in [-0.39, 0.29) is 23.3 Å². The van der Waals surface area contributed by atoms with Crippen molar-refractivity contribution in [1.82, 2.24) is 19.9 Å². The third-order valence-corrected chi connectivity index (χ3v) is 4.97. The number of para-hydroxylation sites is 1. The highest BCUT2D eigenvalue weighted by Gasteiger charge is 2.16. The van der Waals surface area contributed by atoms with Crippen molar-refractivity contribution >= 4 is 28.6 Å². The fraction of sp³-hybridized carbons (Fsp3) is 0.300. The molecule has 0 fully saturated rings. The van der Waals surface area contributed by atoms with E-state index in [1.807, 2.05) is 32.0 Å². The highest BCUT2D eigenvalue weighted by Crippen LogP contribution is 2.20. The molecule has 2 aromatic heterocycles. The summed E-state index contributed by atoms with van der Waals surface area (Å²) >= 11 is 1.20. The fourth-order valence-corrected chi connectivity index (χ4v) is 3.60. The van der Waals surface area contributed by atoms with Gasteiger partial charge < -0.3 is 10.1 Å². The number of aromatic nitrogens is 3. The van der Waals surface area contributed by atoms with Crippen LogP contribution in [0.5, 0.6) is 0 Å². The second kappa shape index (κ2) is 8.99. The molecule has 8 heteroatoms. The van der Waals surface area contributed by atoms with Gasteiger partial charge in [-0.25, -0.2) is 14.5 Å². The summed E-state index contributed by atoms with van der Waals surface area (Å²) < 4.78 is 6.50. The van der Waals surface area contributed by atoms with E-state index in [4.69, 9.17) is 4.74 Å². The highest BCUT2D eigenvalue weighted by atomic mass is 32.2.